The van der Waals surface area contributed by atoms with Crippen LogP contribution < -0.4 is 5.32 Å². The average Bonchev–Trinajstić information content (AvgIpc) is 2.19. The minimum absolute atomic E-state index is 0.188. The lowest BCUT2D eigenvalue weighted by Gasteiger charge is -2.25. The molecule has 2 nitrogen and oxygen atoms in total. The van der Waals surface area contributed by atoms with E-state index in [1.807, 2.05) is 0 Å². The molecule has 0 aromatic rings. The lowest BCUT2D eigenvalue weighted by molar-refractivity contribution is 0.0395. The van der Waals surface area contributed by atoms with Crippen molar-refractivity contribution in [3.05, 3.63) is 0 Å². The molecule has 0 aliphatic heterocycles. The maximum atomic E-state index is 5.97. The maximum absolute atomic E-state index is 5.97. The maximum Gasteiger partial charge on any atom is 0.0699 e. The van der Waals surface area contributed by atoms with E-state index in [4.69, 9.17) is 4.74 Å². The molecule has 0 saturated carbocycles. The van der Waals surface area contributed by atoms with E-state index in [0.717, 1.165) is 25.5 Å². The van der Waals surface area contributed by atoms with Gasteiger partial charge in [-0.1, -0.05) is 27.2 Å². The van der Waals surface area contributed by atoms with E-state index in [0.29, 0.717) is 6.10 Å². The van der Waals surface area contributed by atoms with E-state index in [1.54, 1.807) is 0 Å². The number of hydrogen-bond donors (Lipinski definition) is 1. The highest BCUT2D eigenvalue weighted by Gasteiger charge is 2.13. The van der Waals surface area contributed by atoms with Crippen molar-refractivity contribution < 1.29 is 4.74 Å². The summed E-state index contributed by atoms with van der Waals surface area (Å²) in [6, 6.07) is 0. The van der Waals surface area contributed by atoms with Crippen LogP contribution in [0.1, 0.15) is 67.2 Å². The van der Waals surface area contributed by atoms with Crippen LogP contribution in [0, 0.1) is 5.92 Å². The standard InChI is InChI=1S/C15H33NO/c1-7-9-14(12-16-15(4,5)6)17-11-8-10-13(2)3/h13-14,16H,7-12H2,1-6H3. The van der Waals surface area contributed by atoms with Crippen molar-refractivity contribution >= 4 is 0 Å². The van der Waals surface area contributed by atoms with Gasteiger partial charge in [0.1, 0.15) is 0 Å². The Labute approximate surface area is 109 Å². The lowest BCUT2D eigenvalue weighted by atomic mass is 10.1. The van der Waals surface area contributed by atoms with Gasteiger partial charge in [0.2, 0.25) is 0 Å². The lowest BCUT2D eigenvalue weighted by Crippen LogP contribution is -2.41. The van der Waals surface area contributed by atoms with Gasteiger partial charge in [0.05, 0.1) is 6.10 Å². The normalized spacial score (nSPS) is 14.3. The monoisotopic (exact) mass is 243 g/mol. The Morgan fingerprint density at radius 1 is 1.12 bits per heavy atom. The van der Waals surface area contributed by atoms with E-state index in [-0.39, 0.29) is 5.54 Å². The van der Waals surface area contributed by atoms with Gasteiger partial charge < -0.3 is 10.1 Å². The first-order valence-corrected chi connectivity index (χ1v) is 7.21. The van der Waals surface area contributed by atoms with Gasteiger partial charge in [-0.25, -0.2) is 0 Å². The van der Waals surface area contributed by atoms with E-state index in [1.165, 1.54) is 19.3 Å². The third kappa shape index (κ3) is 12.2. The van der Waals surface area contributed by atoms with Crippen LogP contribution in [-0.2, 0) is 4.74 Å². The summed E-state index contributed by atoms with van der Waals surface area (Å²) in [5.74, 6) is 0.788. The molecule has 0 spiro atoms. The Morgan fingerprint density at radius 3 is 2.24 bits per heavy atom. The minimum atomic E-state index is 0.188. The molecule has 0 aromatic carbocycles. The zero-order valence-corrected chi connectivity index (χ0v) is 12.8. The molecule has 0 rings (SSSR count). The van der Waals surface area contributed by atoms with Gasteiger partial charge in [-0.2, -0.15) is 0 Å². The smallest absolute Gasteiger partial charge is 0.0699 e. The second-order valence-corrected chi connectivity index (χ2v) is 6.45. The molecule has 2 heteroatoms. The summed E-state index contributed by atoms with van der Waals surface area (Å²) in [6.07, 6.45) is 5.19. The molecule has 0 fully saturated rings. The molecule has 0 bridgehead atoms. The number of rotatable bonds is 9. The first-order chi connectivity index (χ1) is 7.85. The predicted octanol–water partition coefficient (Wildman–Crippen LogP) is 4.00. The van der Waals surface area contributed by atoms with Crippen molar-refractivity contribution in [2.75, 3.05) is 13.2 Å². The summed E-state index contributed by atoms with van der Waals surface area (Å²) < 4.78 is 5.97. The molecule has 1 unspecified atom stereocenters. The van der Waals surface area contributed by atoms with Crippen molar-refractivity contribution in [3.63, 3.8) is 0 Å². The van der Waals surface area contributed by atoms with E-state index >= 15 is 0 Å². The van der Waals surface area contributed by atoms with Crippen LogP contribution in [0.5, 0.6) is 0 Å². The second kappa shape index (κ2) is 8.93. The molecule has 0 radical (unpaired) electrons. The minimum Gasteiger partial charge on any atom is -0.377 e. The summed E-state index contributed by atoms with van der Waals surface area (Å²) in [6.45, 7) is 15.3. The Hall–Kier alpha value is -0.0800. The van der Waals surface area contributed by atoms with Crippen molar-refractivity contribution in [2.45, 2.75) is 78.9 Å². The summed E-state index contributed by atoms with van der Waals surface area (Å²) in [4.78, 5) is 0. The highest BCUT2D eigenvalue weighted by Crippen LogP contribution is 2.08. The fourth-order valence-corrected chi connectivity index (χ4v) is 1.73. The zero-order valence-electron chi connectivity index (χ0n) is 12.8. The first-order valence-electron chi connectivity index (χ1n) is 7.21. The van der Waals surface area contributed by atoms with Crippen molar-refractivity contribution in [1.29, 1.82) is 0 Å². The van der Waals surface area contributed by atoms with Crippen LogP contribution in [0.3, 0.4) is 0 Å². The molecule has 0 saturated heterocycles. The molecule has 1 N–H and O–H groups in total. The van der Waals surface area contributed by atoms with Gasteiger partial charge in [-0.3, -0.25) is 0 Å². The molecular formula is C15H33NO. The van der Waals surface area contributed by atoms with E-state index < -0.39 is 0 Å². The van der Waals surface area contributed by atoms with Gasteiger partial charge in [-0.15, -0.1) is 0 Å². The molecule has 0 heterocycles. The highest BCUT2D eigenvalue weighted by molar-refractivity contribution is 4.73. The van der Waals surface area contributed by atoms with Gasteiger partial charge in [0.15, 0.2) is 0 Å². The first kappa shape index (κ1) is 16.9. The SMILES string of the molecule is CCCC(CNC(C)(C)C)OCCCC(C)C. The van der Waals surface area contributed by atoms with Crippen LogP contribution in [0.15, 0.2) is 0 Å². The highest BCUT2D eigenvalue weighted by atomic mass is 16.5. The quantitative estimate of drug-likeness (QED) is 0.618. The number of ether oxygens (including phenoxy) is 1. The molecule has 0 aliphatic rings. The van der Waals surface area contributed by atoms with Crippen LogP contribution in [0.4, 0.5) is 0 Å². The third-order valence-corrected chi connectivity index (χ3v) is 2.75. The summed E-state index contributed by atoms with van der Waals surface area (Å²) in [5, 5.41) is 3.53. The Balaban J connectivity index is 3.74. The van der Waals surface area contributed by atoms with Crippen LogP contribution >= 0.6 is 0 Å². The van der Waals surface area contributed by atoms with Crippen LogP contribution in [0.2, 0.25) is 0 Å². The molecule has 0 aliphatic carbocycles. The number of hydrogen-bond acceptors (Lipinski definition) is 2. The van der Waals surface area contributed by atoms with Crippen molar-refractivity contribution in [2.24, 2.45) is 5.92 Å². The molecule has 17 heavy (non-hydrogen) atoms. The van der Waals surface area contributed by atoms with Crippen molar-refractivity contribution in [1.82, 2.24) is 5.32 Å². The average molecular weight is 243 g/mol. The van der Waals surface area contributed by atoms with Gasteiger partial charge >= 0.3 is 0 Å². The Bertz CT molecular complexity index is 172. The molecule has 0 amide bonds. The second-order valence-electron chi connectivity index (χ2n) is 6.45. The van der Waals surface area contributed by atoms with E-state index in [2.05, 4.69) is 46.9 Å². The van der Waals surface area contributed by atoms with Gasteiger partial charge in [0, 0.05) is 18.7 Å². The fraction of sp³-hybridized carbons (Fsp3) is 1.00. The van der Waals surface area contributed by atoms with Crippen LogP contribution in [-0.4, -0.2) is 24.8 Å². The predicted molar refractivity (Wildman–Crippen MR) is 76.5 cm³/mol. The fourth-order valence-electron chi connectivity index (χ4n) is 1.73. The Kier molecular flexibility index (Phi) is 8.89. The zero-order chi connectivity index (χ0) is 13.3. The summed E-state index contributed by atoms with van der Waals surface area (Å²) >= 11 is 0. The molecule has 0 aromatic heterocycles. The third-order valence-electron chi connectivity index (χ3n) is 2.75. The molecular weight excluding hydrogens is 210 g/mol. The van der Waals surface area contributed by atoms with Crippen molar-refractivity contribution in [3.8, 4) is 0 Å². The van der Waals surface area contributed by atoms with E-state index in [9.17, 15) is 0 Å². The van der Waals surface area contributed by atoms with Gasteiger partial charge in [-0.05, 0) is 46.0 Å². The number of nitrogens with one attached hydrogen (secondary N) is 1. The molecule has 104 valence electrons. The largest absolute Gasteiger partial charge is 0.377 e. The summed E-state index contributed by atoms with van der Waals surface area (Å²) in [5.41, 5.74) is 0.188. The topological polar surface area (TPSA) is 21.3 Å². The summed E-state index contributed by atoms with van der Waals surface area (Å²) in [7, 11) is 0. The Morgan fingerprint density at radius 2 is 1.76 bits per heavy atom. The van der Waals surface area contributed by atoms with Gasteiger partial charge in [0.25, 0.3) is 0 Å². The van der Waals surface area contributed by atoms with Crippen LogP contribution in [0.25, 0.3) is 0 Å². The molecule has 1 atom stereocenters.